The van der Waals surface area contributed by atoms with Crippen molar-refractivity contribution in [1.82, 2.24) is 0 Å². The van der Waals surface area contributed by atoms with E-state index in [0.717, 1.165) is 6.08 Å². The highest BCUT2D eigenvalue weighted by atomic mass is 16.4. The van der Waals surface area contributed by atoms with Crippen LogP contribution >= 0.6 is 0 Å². The van der Waals surface area contributed by atoms with Gasteiger partial charge in [0.15, 0.2) is 0 Å². The van der Waals surface area contributed by atoms with Crippen LogP contribution in [0.15, 0.2) is 29.3 Å². The average Bonchev–Trinajstić information content (AvgIpc) is 1.80. The second-order valence-electron chi connectivity index (χ2n) is 1.18. The molecule has 0 spiro atoms. The highest BCUT2D eigenvalue weighted by molar-refractivity contribution is 5.79. The monoisotopic (exact) mass is 122 g/mol. The second kappa shape index (κ2) is 4.70. The van der Waals surface area contributed by atoms with Crippen molar-refractivity contribution in [3.63, 3.8) is 0 Å². The summed E-state index contributed by atoms with van der Waals surface area (Å²) in [5.74, 6) is -1.03. The lowest BCUT2D eigenvalue weighted by atomic mass is 10.6. The van der Waals surface area contributed by atoms with Crippen LogP contribution < -0.4 is 0 Å². The van der Waals surface area contributed by atoms with Crippen molar-refractivity contribution in [3.8, 4) is 0 Å². The summed E-state index contributed by atoms with van der Waals surface area (Å²) in [6.45, 7) is 1.76. The summed E-state index contributed by atoms with van der Waals surface area (Å²) < 4.78 is 0. The first-order valence-corrected chi connectivity index (χ1v) is 2.37. The fraction of sp³-hybridized carbons (Fsp3) is 0.143. The molecule has 0 aromatic rings. The number of rotatable bonds is 1. The molecule has 0 fully saturated rings. The molecule has 2 heteroatoms. The van der Waals surface area contributed by atoms with Crippen molar-refractivity contribution in [2.24, 2.45) is 0 Å². The Bertz CT molecular complexity index is 219. The Morgan fingerprint density at radius 2 is 2.22 bits per heavy atom. The van der Waals surface area contributed by atoms with Crippen LogP contribution in [0.25, 0.3) is 0 Å². The van der Waals surface area contributed by atoms with Gasteiger partial charge in [0, 0.05) is 0 Å². The number of carbonyl (C=O) groups is 1. The summed E-state index contributed by atoms with van der Waals surface area (Å²) in [4.78, 5) is 9.77. The number of hydrogen-bond acceptors (Lipinski definition) is 1. The van der Waals surface area contributed by atoms with E-state index in [-0.39, 0.29) is 0 Å². The maximum atomic E-state index is 9.77. The average molecular weight is 122 g/mol. The van der Waals surface area contributed by atoms with Gasteiger partial charge in [-0.3, -0.25) is 0 Å². The number of carboxylic acid groups (broad SMARTS) is 1. The van der Waals surface area contributed by atoms with Crippen molar-refractivity contribution >= 4 is 5.97 Å². The highest BCUT2D eigenvalue weighted by Gasteiger charge is 1.77. The molecule has 0 saturated heterocycles. The molecule has 0 saturated carbocycles. The van der Waals surface area contributed by atoms with Gasteiger partial charge in [0.1, 0.15) is 0 Å². The van der Waals surface area contributed by atoms with Crippen molar-refractivity contribution in [2.75, 3.05) is 0 Å². The molecule has 0 amide bonds. The van der Waals surface area contributed by atoms with Crippen molar-refractivity contribution in [3.05, 3.63) is 29.3 Å². The molecule has 0 bridgehead atoms. The van der Waals surface area contributed by atoms with E-state index in [2.05, 4.69) is 17.2 Å². The molecule has 0 aliphatic rings. The Labute approximate surface area is 53.1 Å². The van der Waals surface area contributed by atoms with Gasteiger partial charge >= 0.3 is 5.97 Å². The zero-order valence-corrected chi connectivity index (χ0v) is 5.01. The second-order valence-corrected chi connectivity index (χ2v) is 1.18. The van der Waals surface area contributed by atoms with E-state index < -0.39 is 5.97 Å². The quantitative estimate of drug-likeness (QED) is 0.418. The van der Waals surface area contributed by atoms with Gasteiger partial charge < -0.3 is 5.11 Å². The van der Waals surface area contributed by atoms with Crippen LogP contribution in [0.4, 0.5) is 0 Å². The van der Waals surface area contributed by atoms with Crippen LogP contribution in [0.2, 0.25) is 0 Å². The van der Waals surface area contributed by atoms with Crippen molar-refractivity contribution < 1.29 is 9.90 Å². The molecule has 0 atom stereocenters. The zero-order valence-electron chi connectivity index (χ0n) is 5.01. The SMILES string of the molecule is CC=C=C=C=CC(=O)O. The highest BCUT2D eigenvalue weighted by Crippen LogP contribution is 1.63. The smallest absolute Gasteiger partial charge is 0.336 e. The summed E-state index contributed by atoms with van der Waals surface area (Å²) in [6, 6.07) is 0. The lowest BCUT2D eigenvalue weighted by molar-refractivity contribution is -0.131. The Balaban J connectivity index is 4.31. The van der Waals surface area contributed by atoms with E-state index in [1.165, 1.54) is 0 Å². The van der Waals surface area contributed by atoms with Crippen molar-refractivity contribution in [2.45, 2.75) is 6.92 Å². The van der Waals surface area contributed by atoms with Crippen LogP contribution in [0.3, 0.4) is 0 Å². The largest absolute Gasteiger partial charge is 0.478 e. The first-order chi connectivity index (χ1) is 4.27. The minimum Gasteiger partial charge on any atom is -0.478 e. The minimum absolute atomic E-state index is 0.872. The summed E-state index contributed by atoms with van der Waals surface area (Å²) in [5, 5.41) is 8.02. The molecule has 9 heavy (non-hydrogen) atoms. The third-order valence-electron chi connectivity index (χ3n) is 0.484. The predicted molar refractivity (Wildman–Crippen MR) is 33.0 cm³/mol. The Morgan fingerprint density at radius 3 is 2.67 bits per heavy atom. The fourth-order valence-corrected chi connectivity index (χ4v) is 0.212. The van der Waals surface area contributed by atoms with E-state index >= 15 is 0 Å². The van der Waals surface area contributed by atoms with Gasteiger partial charge in [-0.1, -0.05) is 11.5 Å². The van der Waals surface area contributed by atoms with Gasteiger partial charge in [-0.15, -0.1) is 0 Å². The molecule has 0 unspecified atom stereocenters. The molecule has 0 aromatic carbocycles. The molecule has 0 rings (SSSR count). The molecule has 0 heterocycles. The topological polar surface area (TPSA) is 37.3 Å². The van der Waals surface area contributed by atoms with Crippen LogP contribution in [0.5, 0.6) is 0 Å². The van der Waals surface area contributed by atoms with E-state index in [9.17, 15) is 4.79 Å². The zero-order chi connectivity index (χ0) is 7.11. The third kappa shape index (κ3) is 6.55. The predicted octanol–water partition coefficient (Wildman–Crippen LogP) is 1.11. The van der Waals surface area contributed by atoms with E-state index in [1.54, 1.807) is 13.0 Å². The number of hydrogen-bond donors (Lipinski definition) is 1. The summed E-state index contributed by atoms with van der Waals surface area (Å²) in [5.41, 5.74) is 7.17. The maximum Gasteiger partial charge on any atom is 0.336 e. The van der Waals surface area contributed by atoms with Gasteiger partial charge in [-0.05, 0) is 18.7 Å². The molecule has 0 radical (unpaired) electrons. The molecule has 0 aromatic heterocycles. The summed E-state index contributed by atoms with van der Waals surface area (Å²) >= 11 is 0. The van der Waals surface area contributed by atoms with Gasteiger partial charge in [0.2, 0.25) is 0 Å². The maximum absolute atomic E-state index is 9.77. The van der Waals surface area contributed by atoms with Gasteiger partial charge in [-0.25, -0.2) is 4.79 Å². The first-order valence-electron chi connectivity index (χ1n) is 2.37. The lowest BCUT2D eigenvalue weighted by Crippen LogP contribution is -1.82. The van der Waals surface area contributed by atoms with E-state index in [0.29, 0.717) is 0 Å². The number of aliphatic carboxylic acids is 1. The molecular formula is C7H6O2. The molecule has 2 nitrogen and oxygen atoms in total. The molecule has 1 N–H and O–H groups in total. The Morgan fingerprint density at radius 1 is 1.56 bits per heavy atom. The minimum atomic E-state index is -1.03. The van der Waals surface area contributed by atoms with Gasteiger partial charge in [0.05, 0.1) is 6.08 Å². The first kappa shape index (κ1) is 7.55. The van der Waals surface area contributed by atoms with Crippen LogP contribution in [0.1, 0.15) is 6.92 Å². The van der Waals surface area contributed by atoms with E-state index in [1.807, 2.05) is 0 Å². The normalized spacial score (nSPS) is 5.89. The van der Waals surface area contributed by atoms with Gasteiger partial charge in [0.25, 0.3) is 0 Å². The lowest BCUT2D eigenvalue weighted by Gasteiger charge is -1.65. The molecular weight excluding hydrogens is 116 g/mol. The summed E-state index contributed by atoms with van der Waals surface area (Å²) in [6.07, 6.45) is 2.49. The van der Waals surface area contributed by atoms with Crippen LogP contribution in [0, 0.1) is 0 Å². The summed E-state index contributed by atoms with van der Waals surface area (Å²) in [7, 11) is 0. The van der Waals surface area contributed by atoms with Crippen LogP contribution in [-0.2, 0) is 4.79 Å². The number of allylic oxidation sites excluding steroid dienone is 1. The van der Waals surface area contributed by atoms with Crippen molar-refractivity contribution in [1.29, 1.82) is 0 Å². The van der Waals surface area contributed by atoms with Crippen LogP contribution in [-0.4, -0.2) is 11.1 Å². The number of carboxylic acids is 1. The third-order valence-corrected chi connectivity index (χ3v) is 0.484. The fourth-order valence-electron chi connectivity index (χ4n) is 0.212. The van der Waals surface area contributed by atoms with E-state index in [4.69, 9.17) is 5.11 Å². The standard InChI is InChI=1S/C7H6O2/c1-2-3-4-5-6-7(8)9/h2,6H,1H3,(H,8,9). The van der Waals surface area contributed by atoms with Gasteiger partial charge in [-0.2, -0.15) is 0 Å². The molecule has 46 valence electrons. The Kier molecular flexibility index (Phi) is 3.95. The Hall–Kier alpha value is -1.45. The molecule has 0 aliphatic carbocycles. The molecule has 0 aliphatic heterocycles.